The molecule has 0 spiro atoms. The summed E-state index contributed by atoms with van der Waals surface area (Å²) in [7, 11) is 0. The van der Waals surface area contributed by atoms with E-state index in [1.807, 2.05) is 0 Å². The maximum Gasteiger partial charge on any atom is -0.0386 e. The van der Waals surface area contributed by atoms with Crippen LogP contribution in [-0.4, -0.2) is 0 Å². The molecule has 0 saturated heterocycles. The Bertz CT molecular complexity index is 84.2. The molecule has 0 nitrogen and oxygen atoms in total. The summed E-state index contributed by atoms with van der Waals surface area (Å²) < 4.78 is 0. The molecule has 0 fully saturated rings. The fourth-order valence-electron chi connectivity index (χ4n) is 1.81. The molecule has 0 aromatic rings. The molecule has 0 saturated carbocycles. The van der Waals surface area contributed by atoms with Gasteiger partial charge < -0.3 is 0 Å². The molecule has 0 bridgehead atoms. The lowest BCUT2D eigenvalue weighted by Gasteiger charge is -2.01. The van der Waals surface area contributed by atoms with Crippen molar-refractivity contribution in [2.75, 3.05) is 0 Å². The predicted molar refractivity (Wildman–Crippen MR) is 70.4 cm³/mol. The summed E-state index contributed by atoms with van der Waals surface area (Å²) in [6.07, 6.45) is 18.3. The minimum absolute atomic E-state index is 1.06. The van der Waals surface area contributed by atoms with Crippen LogP contribution in [0.4, 0.5) is 0 Å². The molecule has 0 aromatic carbocycles. The molecule has 0 heteroatoms. The van der Waals surface area contributed by atoms with Gasteiger partial charge in [-0.05, 0) is 6.42 Å². The predicted octanol–water partition coefficient (Wildman–Crippen LogP) is 5.54. The third kappa shape index (κ3) is 14.0. The maximum atomic E-state index is 3.86. The van der Waals surface area contributed by atoms with E-state index >= 15 is 0 Å². The molecule has 0 atom stereocenters. The van der Waals surface area contributed by atoms with Gasteiger partial charge in [0.1, 0.15) is 0 Å². The normalized spacial score (nSPS) is 10.8. The number of hydrogen-bond donors (Lipinski definition) is 0. The van der Waals surface area contributed by atoms with Crippen molar-refractivity contribution in [1.82, 2.24) is 0 Å². The summed E-state index contributed by atoms with van der Waals surface area (Å²) in [6, 6.07) is 0. The molecule has 0 aliphatic rings. The highest BCUT2D eigenvalue weighted by Crippen LogP contribution is 2.11. The lowest BCUT2D eigenvalue weighted by atomic mass is 10.1. The first-order valence-electron chi connectivity index (χ1n) is 6.82. The van der Waals surface area contributed by atoms with Gasteiger partial charge in [-0.2, -0.15) is 0 Å². The van der Waals surface area contributed by atoms with Gasteiger partial charge in [-0.15, -0.1) is 0 Å². The van der Waals surface area contributed by atoms with Gasteiger partial charge in [-0.1, -0.05) is 90.9 Å². The molecular formula is C15H29. The van der Waals surface area contributed by atoms with Gasteiger partial charge in [-0.25, -0.2) is 0 Å². The van der Waals surface area contributed by atoms with Gasteiger partial charge in [0.15, 0.2) is 0 Å². The van der Waals surface area contributed by atoms with E-state index in [-0.39, 0.29) is 0 Å². The topological polar surface area (TPSA) is 0 Å². The highest BCUT2D eigenvalue weighted by atomic mass is 14.0. The maximum absolute atomic E-state index is 3.86. The minimum atomic E-state index is 1.06. The molecule has 15 heavy (non-hydrogen) atoms. The summed E-state index contributed by atoms with van der Waals surface area (Å²) in [4.78, 5) is 0. The average Bonchev–Trinajstić information content (AvgIpc) is 2.26. The van der Waals surface area contributed by atoms with Crippen LogP contribution in [0.25, 0.3) is 0 Å². The molecule has 89 valence electrons. The lowest BCUT2D eigenvalue weighted by molar-refractivity contribution is 0.566. The van der Waals surface area contributed by atoms with Crippen LogP contribution in [0.5, 0.6) is 0 Å². The molecule has 0 heterocycles. The number of hydrogen-bond acceptors (Lipinski definition) is 0. The van der Waals surface area contributed by atoms with Crippen molar-refractivity contribution in [1.29, 1.82) is 0 Å². The van der Waals surface area contributed by atoms with Crippen LogP contribution < -0.4 is 0 Å². The minimum Gasteiger partial charge on any atom is -0.0533 e. The first-order chi connectivity index (χ1) is 7.41. The molecule has 0 N–H and O–H groups in total. The highest BCUT2D eigenvalue weighted by Gasteiger charge is 1.92. The van der Waals surface area contributed by atoms with Gasteiger partial charge in [0, 0.05) is 0 Å². The van der Waals surface area contributed by atoms with Crippen molar-refractivity contribution in [2.45, 2.75) is 77.0 Å². The fraction of sp³-hybridized carbons (Fsp3) is 0.800. The molecule has 0 rings (SSSR count). The summed E-state index contributed by atoms with van der Waals surface area (Å²) in [5.41, 5.74) is 0. The number of unbranched alkanes of at least 4 members (excludes halogenated alkanes) is 12. The van der Waals surface area contributed by atoms with Gasteiger partial charge in [0.2, 0.25) is 0 Å². The van der Waals surface area contributed by atoms with Crippen molar-refractivity contribution in [3.05, 3.63) is 20.3 Å². The third-order valence-electron chi connectivity index (χ3n) is 2.82. The van der Waals surface area contributed by atoms with E-state index in [2.05, 4.69) is 20.3 Å². The second-order valence-electron chi connectivity index (χ2n) is 4.40. The molecule has 3 radical (unpaired) electrons. The SMILES string of the molecule is [CH2]CC[CH]CCCCCCCCCC[CH2]. The second-order valence-corrected chi connectivity index (χ2v) is 4.40. The van der Waals surface area contributed by atoms with E-state index in [1.54, 1.807) is 0 Å². The van der Waals surface area contributed by atoms with Gasteiger partial charge in [0.05, 0.1) is 0 Å². The van der Waals surface area contributed by atoms with Crippen LogP contribution in [0.1, 0.15) is 77.0 Å². The van der Waals surface area contributed by atoms with Crippen LogP contribution >= 0.6 is 0 Å². The lowest BCUT2D eigenvalue weighted by Crippen LogP contribution is -1.82. The second kappa shape index (κ2) is 14.0. The fourth-order valence-corrected chi connectivity index (χ4v) is 1.81. The standard InChI is InChI=1S/C15H29/c1-3-5-7-9-11-13-15-14-12-10-8-6-4-2/h7H,1-6,8-15H2. The first-order valence-corrected chi connectivity index (χ1v) is 6.82. The Kier molecular flexibility index (Phi) is 14.0. The molecule has 0 aromatic heterocycles. The smallest absolute Gasteiger partial charge is 0.0386 e. The Morgan fingerprint density at radius 2 is 1.07 bits per heavy atom. The molecule has 0 amide bonds. The molecule has 0 aliphatic heterocycles. The van der Waals surface area contributed by atoms with E-state index in [1.165, 1.54) is 64.2 Å². The van der Waals surface area contributed by atoms with Crippen molar-refractivity contribution in [3.63, 3.8) is 0 Å². The van der Waals surface area contributed by atoms with Crippen molar-refractivity contribution >= 4 is 0 Å². The zero-order valence-electron chi connectivity index (χ0n) is 10.5. The van der Waals surface area contributed by atoms with Crippen LogP contribution in [0.3, 0.4) is 0 Å². The summed E-state index contributed by atoms with van der Waals surface area (Å²) >= 11 is 0. The van der Waals surface area contributed by atoms with Crippen LogP contribution in [0, 0.1) is 20.3 Å². The summed E-state index contributed by atoms with van der Waals surface area (Å²) in [6.45, 7) is 7.69. The van der Waals surface area contributed by atoms with Crippen molar-refractivity contribution in [3.8, 4) is 0 Å². The van der Waals surface area contributed by atoms with E-state index in [9.17, 15) is 0 Å². The zero-order valence-corrected chi connectivity index (χ0v) is 10.5. The Morgan fingerprint density at radius 1 is 0.533 bits per heavy atom. The summed E-state index contributed by atoms with van der Waals surface area (Å²) in [5.74, 6) is 0. The largest absolute Gasteiger partial charge is 0.0533 e. The average molecular weight is 209 g/mol. The Balaban J connectivity index is 2.81. The summed E-state index contributed by atoms with van der Waals surface area (Å²) in [5, 5.41) is 0. The Labute approximate surface area is 97.8 Å². The molecular weight excluding hydrogens is 180 g/mol. The highest BCUT2D eigenvalue weighted by molar-refractivity contribution is 4.64. The Hall–Kier alpha value is 0. The van der Waals surface area contributed by atoms with Gasteiger partial charge in [0.25, 0.3) is 0 Å². The van der Waals surface area contributed by atoms with Gasteiger partial charge in [-0.3, -0.25) is 0 Å². The molecule has 0 aliphatic carbocycles. The van der Waals surface area contributed by atoms with E-state index < -0.39 is 0 Å². The van der Waals surface area contributed by atoms with E-state index in [4.69, 9.17) is 0 Å². The van der Waals surface area contributed by atoms with Gasteiger partial charge >= 0.3 is 0 Å². The van der Waals surface area contributed by atoms with E-state index in [0.717, 1.165) is 12.8 Å². The van der Waals surface area contributed by atoms with Crippen molar-refractivity contribution < 1.29 is 0 Å². The monoisotopic (exact) mass is 209 g/mol. The first kappa shape index (κ1) is 15.0. The quantitative estimate of drug-likeness (QED) is 0.370. The Morgan fingerprint density at radius 3 is 1.60 bits per heavy atom. The van der Waals surface area contributed by atoms with Crippen LogP contribution in [-0.2, 0) is 0 Å². The van der Waals surface area contributed by atoms with Crippen LogP contribution in [0.15, 0.2) is 0 Å². The van der Waals surface area contributed by atoms with Crippen molar-refractivity contribution in [2.24, 2.45) is 0 Å². The van der Waals surface area contributed by atoms with E-state index in [0.29, 0.717) is 0 Å². The third-order valence-corrected chi connectivity index (χ3v) is 2.82. The van der Waals surface area contributed by atoms with Crippen LogP contribution in [0.2, 0.25) is 0 Å². The zero-order chi connectivity index (χ0) is 11.2. The number of rotatable bonds is 12. The molecule has 0 unspecified atom stereocenters.